The predicted octanol–water partition coefficient (Wildman–Crippen LogP) is 8.98. The lowest BCUT2D eigenvalue weighted by molar-refractivity contribution is 0.0476. The SMILES string of the molecule is CCCCCCCc1ccc(C(=O)COC(=O)c2cc(-c3ccc(Br)cc3)nc3ccc(Br)cc23)cc1. The molecular formula is C31H29Br2NO3. The summed E-state index contributed by atoms with van der Waals surface area (Å²) in [6.45, 7) is 1.90. The Labute approximate surface area is 234 Å². The lowest BCUT2D eigenvalue weighted by Crippen LogP contribution is -2.15. The van der Waals surface area contributed by atoms with Crippen LogP contribution in [0.5, 0.6) is 0 Å². The minimum atomic E-state index is -0.555. The van der Waals surface area contributed by atoms with Gasteiger partial charge in [-0.25, -0.2) is 9.78 Å². The van der Waals surface area contributed by atoms with Crippen molar-refractivity contribution in [2.24, 2.45) is 0 Å². The molecule has 0 spiro atoms. The van der Waals surface area contributed by atoms with Crippen molar-refractivity contribution >= 4 is 54.5 Å². The van der Waals surface area contributed by atoms with Crippen LogP contribution in [0.1, 0.15) is 65.3 Å². The van der Waals surface area contributed by atoms with Crippen molar-refractivity contribution in [1.82, 2.24) is 4.98 Å². The number of aromatic nitrogens is 1. The van der Waals surface area contributed by atoms with Crippen molar-refractivity contribution in [1.29, 1.82) is 0 Å². The van der Waals surface area contributed by atoms with Gasteiger partial charge in [0.15, 0.2) is 12.4 Å². The number of ether oxygens (including phenoxy) is 1. The fourth-order valence-corrected chi connectivity index (χ4v) is 4.84. The number of benzene rings is 3. The van der Waals surface area contributed by atoms with E-state index in [-0.39, 0.29) is 12.4 Å². The zero-order valence-corrected chi connectivity index (χ0v) is 24.0. The molecule has 0 fully saturated rings. The fraction of sp³-hybridized carbons (Fsp3) is 0.258. The maximum atomic E-state index is 13.2. The molecule has 0 atom stereocenters. The molecule has 0 aliphatic heterocycles. The Hall–Kier alpha value is -2.83. The molecule has 190 valence electrons. The van der Waals surface area contributed by atoms with Crippen LogP contribution in [0.15, 0.2) is 81.7 Å². The van der Waals surface area contributed by atoms with Crippen LogP contribution in [0.4, 0.5) is 0 Å². The Balaban J connectivity index is 1.46. The van der Waals surface area contributed by atoms with Gasteiger partial charge in [-0.05, 0) is 54.8 Å². The number of hydrogen-bond acceptors (Lipinski definition) is 4. The van der Waals surface area contributed by atoms with Crippen LogP contribution in [0, 0.1) is 0 Å². The molecule has 37 heavy (non-hydrogen) atoms. The van der Waals surface area contributed by atoms with Crippen molar-refractivity contribution in [2.45, 2.75) is 45.4 Å². The smallest absolute Gasteiger partial charge is 0.339 e. The Morgan fingerprint density at radius 3 is 2.24 bits per heavy atom. The highest BCUT2D eigenvalue weighted by molar-refractivity contribution is 9.10. The van der Waals surface area contributed by atoms with E-state index in [1.807, 2.05) is 66.7 Å². The largest absolute Gasteiger partial charge is 0.454 e. The third-order valence-corrected chi connectivity index (χ3v) is 7.33. The molecule has 0 saturated carbocycles. The molecule has 0 aliphatic carbocycles. The van der Waals surface area contributed by atoms with E-state index in [9.17, 15) is 9.59 Å². The van der Waals surface area contributed by atoms with Crippen LogP contribution in [-0.2, 0) is 11.2 Å². The van der Waals surface area contributed by atoms with Crippen LogP contribution in [0.25, 0.3) is 22.2 Å². The summed E-state index contributed by atoms with van der Waals surface area (Å²) in [5, 5.41) is 0.663. The van der Waals surface area contributed by atoms with Crippen molar-refractivity contribution < 1.29 is 14.3 Å². The minimum absolute atomic E-state index is 0.226. The van der Waals surface area contributed by atoms with Crippen molar-refractivity contribution in [3.05, 3.63) is 98.4 Å². The van der Waals surface area contributed by atoms with Crippen LogP contribution in [0.3, 0.4) is 0 Å². The van der Waals surface area contributed by atoms with Gasteiger partial charge in [-0.1, -0.05) is 101 Å². The second-order valence-electron chi connectivity index (χ2n) is 9.08. The van der Waals surface area contributed by atoms with E-state index in [1.165, 1.54) is 31.2 Å². The zero-order chi connectivity index (χ0) is 26.2. The molecule has 0 N–H and O–H groups in total. The quantitative estimate of drug-likeness (QED) is 0.0951. The summed E-state index contributed by atoms with van der Waals surface area (Å²) < 4.78 is 7.28. The van der Waals surface area contributed by atoms with Crippen LogP contribution < -0.4 is 0 Å². The summed E-state index contributed by atoms with van der Waals surface area (Å²) in [4.78, 5) is 30.7. The van der Waals surface area contributed by atoms with Gasteiger partial charge in [-0.3, -0.25) is 4.79 Å². The molecule has 6 heteroatoms. The highest BCUT2D eigenvalue weighted by Gasteiger charge is 2.18. The number of fused-ring (bicyclic) bond motifs is 1. The molecule has 0 unspecified atom stereocenters. The van der Waals surface area contributed by atoms with Gasteiger partial charge in [-0.2, -0.15) is 0 Å². The van der Waals surface area contributed by atoms with Crippen LogP contribution in [-0.4, -0.2) is 23.3 Å². The number of hydrogen-bond donors (Lipinski definition) is 0. The van der Waals surface area contributed by atoms with Crippen LogP contribution in [0.2, 0.25) is 0 Å². The zero-order valence-electron chi connectivity index (χ0n) is 20.8. The van der Waals surface area contributed by atoms with Gasteiger partial charge in [-0.15, -0.1) is 0 Å². The van der Waals surface area contributed by atoms with E-state index in [0.29, 0.717) is 27.7 Å². The summed E-state index contributed by atoms with van der Waals surface area (Å²) >= 11 is 6.92. The van der Waals surface area contributed by atoms with Crippen molar-refractivity contribution in [3.8, 4) is 11.3 Å². The summed E-state index contributed by atoms with van der Waals surface area (Å²) in [6, 6.07) is 22.7. The molecule has 4 rings (SSSR count). The van der Waals surface area contributed by atoms with E-state index >= 15 is 0 Å². The average molecular weight is 623 g/mol. The molecule has 3 aromatic carbocycles. The third-order valence-electron chi connectivity index (χ3n) is 6.31. The summed E-state index contributed by atoms with van der Waals surface area (Å²) in [6.07, 6.45) is 7.19. The number of nitrogens with zero attached hydrogens (tertiary/aromatic N) is 1. The summed E-state index contributed by atoms with van der Waals surface area (Å²) in [7, 11) is 0. The van der Waals surface area contributed by atoms with Crippen LogP contribution >= 0.6 is 31.9 Å². The molecule has 0 aliphatic rings. The summed E-state index contributed by atoms with van der Waals surface area (Å²) in [5.74, 6) is -0.781. The Morgan fingerprint density at radius 1 is 0.811 bits per heavy atom. The molecule has 1 aromatic heterocycles. The number of ketones is 1. The van der Waals surface area contributed by atoms with Gasteiger partial charge in [0.05, 0.1) is 16.8 Å². The highest BCUT2D eigenvalue weighted by Crippen LogP contribution is 2.28. The third kappa shape index (κ3) is 7.36. The van der Waals surface area contributed by atoms with E-state index in [4.69, 9.17) is 9.72 Å². The maximum absolute atomic E-state index is 13.2. The number of Topliss-reactive ketones (excluding diaryl/α,β-unsaturated/α-hetero) is 1. The van der Waals surface area contributed by atoms with Gasteiger partial charge >= 0.3 is 5.97 Å². The predicted molar refractivity (Wildman–Crippen MR) is 156 cm³/mol. The first-order valence-corrected chi connectivity index (χ1v) is 14.2. The number of carbonyl (C=O) groups is 2. The van der Waals surface area contributed by atoms with E-state index in [0.717, 1.165) is 27.4 Å². The van der Waals surface area contributed by atoms with Gasteiger partial charge in [0.1, 0.15) is 0 Å². The normalized spacial score (nSPS) is 11.0. The first-order valence-electron chi connectivity index (χ1n) is 12.6. The first-order chi connectivity index (χ1) is 17.9. The molecule has 1 heterocycles. The van der Waals surface area contributed by atoms with Crippen molar-refractivity contribution in [3.63, 3.8) is 0 Å². The first kappa shape index (κ1) is 27.2. The van der Waals surface area contributed by atoms with Crippen molar-refractivity contribution in [2.75, 3.05) is 6.61 Å². The maximum Gasteiger partial charge on any atom is 0.339 e. The van der Waals surface area contributed by atoms with E-state index in [1.54, 1.807) is 6.07 Å². The number of rotatable bonds is 11. The molecule has 0 saturated heterocycles. The molecule has 0 bridgehead atoms. The second kappa shape index (κ2) is 13.1. The second-order valence-corrected chi connectivity index (χ2v) is 10.9. The fourth-order valence-electron chi connectivity index (χ4n) is 4.22. The number of unbranched alkanes of at least 4 members (excludes halogenated alkanes) is 4. The Kier molecular flexibility index (Phi) is 9.64. The monoisotopic (exact) mass is 621 g/mol. The highest BCUT2D eigenvalue weighted by atomic mass is 79.9. The number of carbonyl (C=O) groups excluding carboxylic acids is 2. The number of esters is 1. The Bertz CT molecular complexity index is 1380. The molecule has 4 aromatic rings. The molecule has 4 nitrogen and oxygen atoms in total. The molecule has 0 amide bonds. The van der Waals surface area contributed by atoms with E-state index < -0.39 is 5.97 Å². The number of halogens is 2. The van der Waals surface area contributed by atoms with Gasteiger partial charge < -0.3 is 4.74 Å². The Morgan fingerprint density at radius 2 is 1.51 bits per heavy atom. The van der Waals surface area contributed by atoms with E-state index in [2.05, 4.69) is 38.8 Å². The molecular weight excluding hydrogens is 594 g/mol. The lowest BCUT2D eigenvalue weighted by Gasteiger charge is -2.11. The lowest BCUT2D eigenvalue weighted by atomic mass is 10.0. The van der Waals surface area contributed by atoms with Gasteiger partial charge in [0.2, 0.25) is 0 Å². The summed E-state index contributed by atoms with van der Waals surface area (Å²) in [5.41, 5.74) is 4.34. The standard InChI is InChI=1S/C31H29Br2NO3/c1-2-3-4-5-6-7-21-8-10-23(11-9-21)30(35)20-37-31(36)27-19-29(22-12-14-24(32)15-13-22)34-28-17-16-25(33)18-26(27)28/h8-19H,2-7,20H2,1H3. The number of aryl methyl sites for hydroxylation is 1. The molecule has 0 radical (unpaired) electrons. The topological polar surface area (TPSA) is 56.3 Å². The average Bonchev–Trinajstić information content (AvgIpc) is 2.91. The number of pyridine rings is 1. The van der Waals surface area contributed by atoms with Gasteiger partial charge in [0, 0.05) is 25.5 Å². The minimum Gasteiger partial charge on any atom is -0.454 e. The van der Waals surface area contributed by atoms with Gasteiger partial charge in [0.25, 0.3) is 0 Å².